The van der Waals surface area contributed by atoms with E-state index in [9.17, 15) is 4.79 Å². The minimum absolute atomic E-state index is 0.293. The molecular formula is C13H9N5O3S. The SMILES string of the molecule is CSc1cc(-c2nc(-c3ccn4c(=O)[nH]nc4c3)no2)co1. The van der Waals surface area contributed by atoms with Crippen molar-refractivity contribution in [2.45, 2.75) is 5.09 Å². The molecule has 0 fully saturated rings. The summed E-state index contributed by atoms with van der Waals surface area (Å²) in [5.41, 5.74) is 1.62. The van der Waals surface area contributed by atoms with Gasteiger partial charge >= 0.3 is 5.69 Å². The maximum Gasteiger partial charge on any atom is 0.347 e. The Bertz CT molecular complexity index is 1010. The van der Waals surface area contributed by atoms with E-state index in [0.717, 1.165) is 10.7 Å². The highest BCUT2D eigenvalue weighted by Crippen LogP contribution is 2.27. The fourth-order valence-corrected chi connectivity index (χ4v) is 2.43. The second-order valence-electron chi connectivity index (χ2n) is 4.45. The molecule has 4 aromatic rings. The molecule has 4 rings (SSSR count). The molecule has 0 amide bonds. The fourth-order valence-electron chi connectivity index (χ4n) is 2.04. The van der Waals surface area contributed by atoms with Gasteiger partial charge in [0.2, 0.25) is 5.82 Å². The molecule has 4 heterocycles. The summed E-state index contributed by atoms with van der Waals surface area (Å²) in [5, 5.41) is 11.0. The van der Waals surface area contributed by atoms with Crippen LogP contribution in [0.3, 0.4) is 0 Å². The molecule has 0 radical (unpaired) electrons. The Kier molecular flexibility index (Phi) is 2.86. The van der Waals surface area contributed by atoms with Crippen LogP contribution in [-0.4, -0.2) is 31.0 Å². The molecule has 4 aromatic heterocycles. The van der Waals surface area contributed by atoms with E-state index >= 15 is 0 Å². The van der Waals surface area contributed by atoms with Gasteiger partial charge in [-0.3, -0.25) is 4.40 Å². The Labute approximate surface area is 127 Å². The van der Waals surface area contributed by atoms with Crippen molar-refractivity contribution in [1.82, 2.24) is 24.7 Å². The molecule has 22 heavy (non-hydrogen) atoms. The Morgan fingerprint density at radius 3 is 3.05 bits per heavy atom. The third-order valence-corrected chi connectivity index (χ3v) is 3.74. The van der Waals surface area contributed by atoms with Crippen LogP contribution in [0.1, 0.15) is 0 Å². The van der Waals surface area contributed by atoms with Crippen LogP contribution < -0.4 is 5.69 Å². The highest BCUT2D eigenvalue weighted by molar-refractivity contribution is 7.98. The summed E-state index contributed by atoms with van der Waals surface area (Å²) in [6, 6.07) is 5.26. The van der Waals surface area contributed by atoms with Gasteiger partial charge in [0, 0.05) is 17.8 Å². The first-order valence-electron chi connectivity index (χ1n) is 6.28. The van der Waals surface area contributed by atoms with Crippen LogP contribution in [0.25, 0.3) is 28.5 Å². The van der Waals surface area contributed by atoms with Gasteiger partial charge in [-0.25, -0.2) is 9.89 Å². The Hall–Kier alpha value is -2.81. The Morgan fingerprint density at radius 2 is 2.23 bits per heavy atom. The number of pyridine rings is 1. The lowest BCUT2D eigenvalue weighted by molar-refractivity contribution is 0.430. The first-order chi connectivity index (χ1) is 10.7. The van der Waals surface area contributed by atoms with Crippen LogP contribution >= 0.6 is 11.8 Å². The zero-order valence-corrected chi connectivity index (χ0v) is 12.1. The van der Waals surface area contributed by atoms with Crippen LogP contribution in [0.15, 0.2) is 49.5 Å². The molecule has 110 valence electrons. The molecule has 0 spiro atoms. The van der Waals surface area contributed by atoms with Crippen molar-refractivity contribution in [3.63, 3.8) is 0 Å². The predicted molar refractivity (Wildman–Crippen MR) is 78.6 cm³/mol. The van der Waals surface area contributed by atoms with Crippen molar-refractivity contribution < 1.29 is 8.94 Å². The Balaban J connectivity index is 1.74. The van der Waals surface area contributed by atoms with Crippen molar-refractivity contribution >= 4 is 17.4 Å². The van der Waals surface area contributed by atoms with E-state index in [0.29, 0.717) is 22.9 Å². The van der Waals surface area contributed by atoms with Gasteiger partial charge in [-0.15, -0.1) is 0 Å². The maximum absolute atomic E-state index is 11.4. The monoisotopic (exact) mass is 315 g/mol. The van der Waals surface area contributed by atoms with Crippen molar-refractivity contribution in [1.29, 1.82) is 0 Å². The quantitative estimate of drug-likeness (QED) is 0.577. The average molecular weight is 315 g/mol. The number of aromatic nitrogens is 5. The lowest BCUT2D eigenvalue weighted by Crippen LogP contribution is -2.08. The van der Waals surface area contributed by atoms with E-state index in [2.05, 4.69) is 20.3 Å². The molecule has 0 atom stereocenters. The highest BCUT2D eigenvalue weighted by atomic mass is 32.2. The van der Waals surface area contributed by atoms with E-state index in [4.69, 9.17) is 8.94 Å². The first kappa shape index (κ1) is 12.9. The number of aromatic amines is 1. The van der Waals surface area contributed by atoms with Gasteiger partial charge in [0.1, 0.15) is 6.26 Å². The number of thioether (sulfide) groups is 1. The molecule has 0 bridgehead atoms. The molecule has 0 saturated heterocycles. The van der Waals surface area contributed by atoms with Gasteiger partial charge in [-0.1, -0.05) is 16.9 Å². The van der Waals surface area contributed by atoms with Crippen LogP contribution in [0.4, 0.5) is 0 Å². The van der Waals surface area contributed by atoms with E-state index in [1.54, 1.807) is 24.6 Å². The van der Waals surface area contributed by atoms with Gasteiger partial charge in [-0.05, 0) is 18.4 Å². The number of fused-ring (bicyclic) bond motifs is 1. The molecule has 0 aromatic carbocycles. The van der Waals surface area contributed by atoms with Gasteiger partial charge in [0.15, 0.2) is 10.7 Å². The summed E-state index contributed by atoms with van der Waals surface area (Å²) < 4.78 is 12.0. The maximum atomic E-state index is 11.4. The largest absolute Gasteiger partial charge is 0.457 e. The van der Waals surface area contributed by atoms with E-state index < -0.39 is 0 Å². The Morgan fingerprint density at radius 1 is 1.32 bits per heavy atom. The zero-order valence-electron chi connectivity index (χ0n) is 11.3. The zero-order chi connectivity index (χ0) is 15.1. The van der Waals surface area contributed by atoms with Gasteiger partial charge in [0.25, 0.3) is 5.89 Å². The minimum Gasteiger partial charge on any atom is -0.457 e. The summed E-state index contributed by atoms with van der Waals surface area (Å²) in [7, 11) is 0. The molecule has 1 N–H and O–H groups in total. The average Bonchev–Trinajstić information content (AvgIpc) is 3.26. The summed E-state index contributed by atoms with van der Waals surface area (Å²) in [6.07, 6.45) is 5.10. The van der Waals surface area contributed by atoms with Gasteiger partial charge in [0.05, 0.1) is 5.56 Å². The second kappa shape index (κ2) is 4.88. The molecule has 0 unspecified atom stereocenters. The molecular weight excluding hydrogens is 306 g/mol. The van der Waals surface area contributed by atoms with Crippen molar-refractivity contribution in [2.24, 2.45) is 0 Å². The number of furan rings is 1. The standard InChI is InChI=1S/C13H9N5O3S/c1-22-10-5-8(6-20-10)12-14-11(17-21-12)7-2-3-18-9(4-7)15-16-13(18)19/h2-6H,1H3,(H,16,19). The summed E-state index contributed by atoms with van der Waals surface area (Å²) in [4.78, 5) is 15.8. The first-order valence-corrected chi connectivity index (χ1v) is 7.51. The number of H-pyrrole nitrogens is 1. The van der Waals surface area contributed by atoms with Crippen molar-refractivity contribution in [3.8, 4) is 22.8 Å². The van der Waals surface area contributed by atoms with Crippen LogP contribution in [-0.2, 0) is 0 Å². The van der Waals surface area contributed by atoms with Crippen LogP contribution in [0.5, 0.6) is 0 Å². The van der Waals surface area contributed by atoms with Crippen molar-refractivity contribution in [2.75, 3.05) is 6.26 Å². The number of rotatable bonds is 3. The minimum atomic E-state index is -0.293. The summed E-state index contributed by atoms with van der Waals surface area (Å²) in [5.74, 6) is 0.790. The number of nitrogens with one attached hydrogen (secondary N) is 1. The third kappa shape index (κ3) is 2.02. The summed E-state index contributed by atoms with van der Waals surface area (Å²) >= 11 is 1.49. The molecule has 0 aliphatic heterocycles. The second-order valence-corrected chi connectivity index (χ2v) is 5.26. The lowest BCUT2D eigenvalue weighted by Gasteiger charge is -1.94. The van der Waals surface area contributed by atoms with Crippen LogP contribution in [0, 0.1) is 0 Å². The predicted octanol–water partition coefficient (Wildman–Crippen LogP) is 2.05. The van der Waals surface area contributed by atoms with Crippen LogP contribution in [0.2, 0.25) is 0 Å². The molecule has 9 heteroatoms. The summed E-state index contributed by atoms with van der Waals surface area (Å²) in [6.45, 7) is 0. The van der Waals surface area contributed by atoms with E-state index in [1.807, 2.05) is 12.3 Å². The molecule has 0 aliphatic rings. The number of nitrogens with zero attached hydrogens (tertiary/aromatic N) is 4. The lowest BCUT2D eigenvalue weighted by atomic mass is 10.2. The normalized spacial score (nSPS) is 11.3. The smallest absolute Gasteiger partial charge is 0.347 e. The highest BCUT2D eigenvalue weighted by Gasteiger charge is 2.14. The number of hydrogen-bond acceptors (Lipinski definition) is 7. The molecule has 0 saturated carbocycles. The fraction of sp³-hybridized carbons (Fsp3) is 0.0769. The van der Waals surface area contributed by atoms with Gasteiger partial charge in [-0.2, -0.15) is 10.1 Å². The van der Waals surface area contributed by atoms with E-state index in [-0.39, 0.29) is 5.69 Å². The van der Waals surface area contributed by atoms with E-state index in [1.165, 1.54) is 16.2 Å². The van der Waals surface area contributed by atoms with Crippen molar-refractivity contribution in [3.05, 3.63) is 41.1 Å². The topological polar surface area (TPSA) is 102 Å². The number of hydrogen-bond donors (Lipinski definition) is 1. The molecule has 8 nitrogen and oxygen atoms in total. The molecule has 0 aliphatic carbocycles. The third-order valence-electron chi connectivity index (χ3n) is 3.13. The van der Waals surface area contributed by atoms with Gasteiger partial charge < -0.3 is 8.94 Å².